The molecule has 1 saturated heterocycles. The quantitative estimate of drug-likeness (QED) is 0.855. The molecule has 0 aliphatic carbocycles. The number of likely N-dealkylation sites (tertiary alicyclic amines) is 1. The average Bonchev–Trinajstić information content (AvgIpc) is 2.91. The second-order valence-corrected chi connectivity index (χ2v) is 5.22. The van der Waals surface area contributed by atoms with Crippen LogP contribution in [0, 0.1) is 0 Å². The zero-order valence-corrected chi connectivity index (χ0v) is 12.4. The van der Waals surface area contributed by atoms with Crippen LogP contribution in [0.15, 0.2) is 12.4 Å². The number of hydrogen-bond acceptors (Lipinski definition) is 4. The number of carbonyl (C=O) groups is 1. The van der Waals surface area contributed by atoms with Crippen molar-refractivity contribution in [2.75, 3.05) is 26.8 Å². The van der Waals surface area contributed by atoms with E-state index in [2.05, 4.69) is 9.72 Å². The molecule has 1 aromatic rings. The molecule has 6 nitrogen and oxygen atoms in total. The monoisotopic (exact) mass is 321 g/mol. The van der Waals surface area contributed by atoms with Gasteiger partial charge in [-0.05, 0) is 0 Å². The molecule has 124 valence electrons. The fraction of sp³-hybridized carbons (Fsp3) is 0.692. The number of alkyl halides is 3. The normalized spacial score (nSPS) is 18.3. The van der Waals surface area contributed by atoms with E-state index >= 15 is 0 Å². The number of methoxy groups -OCH3 is 1. The number of aryl methyl sites for hydroxylation is 1. The molecular formula is C13H18F3N3O3. The molecule has 2 rings (SSSR count). The third-order valence-corrected chi connectivity index (χ3v) is 3.81. The Morgan fingerprint density at radius 2 is 2.05 bits per heavy atom. The third-order valence-electron chi connectivity index (χ3n) is 3.81. The van der Waals surface area contributed by atoms with Crippen molar-refractivity contribution in [3.05, 3.63) is 18.2 Å². The lowest BCUT2D eigenvalue weighted by molar-refractivity contribution is -0.163. The summed E-state index contributed by atoms with van der Waals surface area (Å²) in [7, 11) is 3.40. The summed E-state index contributed by atoms with van der Waals surface area (Å²) >= 11 is 0. The van der Waals surface area contributed by atoms with Crippen LogP contribution in [0.3, 0.4) is 0 Å². The lowest BCUT2D eigenvalue weighted by atomic mass is 9.90. The number of ether oxygens (including phenoxy) is 2. The van der Waals surface area contributed by atoms with Crippen LogP contribution in [0.1, 0.15) is 18.7 Å². The van der Waals surface area contributed by atoms with Crippen LogP contribution in [-0.2, 0) is 22.1 Å². The summed E-state index contributed by atoms with van der Waals surface area (Å²) in [6.07, 6.45) is -1.15. The number of imidazole rings is 1. The van der Waals surface area contributed by atoms with E-state index in [0.29, 0.717) is 12.8 Å². The van der Waals surface area contributed by atoms with Gasteiger partial charge in [-0.3, -0.25) is 0 Å². The maximum atomic E-state index is 12.1. The van der Waals surface area contributed by atoms with Gasteiger partial charge in [0.1, 0.15) is 11.4 Å². The Bertz CT molecular complexity index is 522. The van der Waals surface area contributed by atoms with Crippen LogP contribution in [0.4, 0.5) is 18.0 Å². The van der Waals surface area contributed by atoms with Crippen molar-refractivity contribution in [3.63, 3.8) is 0 Å². The van der Waals surface area contributed by atoms with E-state index in [4.69, 9.17) is 4.74 Å². The Labute approximate surface area is 125 Å². The molecule has 0 unspecified atom stereocenters. The van der Waals surface area contributed by atoms with Crippen molar-refractivity contribution in [2.45, 2.75) is 24.6 Å². The summed E-state index contributed by atoms with van der Waals surface area (Å²) in [5.41, 5.74) is -0.640. The minimum atomic E-state index is -4.52. The minimum absolute atomic E-state index is 0.247. The van der Waals surface area contributed by atoms with Crippen molar-refractivity contribution in [3.8, 4) is 0 Å². The number of rotatable bonds is 3. The van der Waals surface area contributed by atoms with Gasteiger partial charge in [0.2, 0.25) is 0 Å². The highest BCUT2D eigenvalue weighted by Crippen LogP contribution is 2.35. The molecule has 1 amide bonds. The number of piperidine rings is 1. The zero-order chi connectivity index (χ0) is 16.4. The highest BCUT2D eigenvalue weighted by Gasteiger charge is 2.41. The summed E-state index contributed by atoms with van der Waals surface area (Å²) in [5, 5.41) is 0. The number of amides is 1. The molecule has 0 atom stereocenters. The van der Waals surface area contributed by atoms with E-state index in [1.165, 1.54) is 4.90 Å². The standard InChI is InChI=1S/C13H18F3N3O3/c1-18-8-5-17-10(18)12(21-2)3-6-19(7-4-12)11(20)22-9-13(14,15)16/h5,8H,3-4,6-7,9H2,1-2H3. The molecule has 0 saturated carbocycles. The van der Waals surface area contributed by atoms with E-state index in [1.807, 2.05) is 11.6 Å². The van der Waals surface area contributed by atoms with E-state index in [9.17, 15) is 18.0 Å². The first-order valence-electron chi connectivity index (χ1n) is 6.79. The van der Waals surface area contributed by atoms with Crippen LogP contribution in [0.25, 0.3) is 0 Å². The van der Waals surface area contributed by atoms with Gasteiger partial charge >= 0.3 is 12.3 Å². The maximum Gasteiger partial charge on any atom is 0.422 e. The molecule has 2 heterocycles. The SMILES string of the molecule is COC1(c2nccn2C)CCN(C(=O)OCC(F)(F)F)CC1. The number of carbonyl (C=O) groups excluding carboxylic acids is 1. The molecule has 0 bridgehead atoms. The summed E-state index contributed by atoms with van der Waals surface area (Å²) in [4.78, 5) is 17.2. The number of nitrogens with zero attached hydrogens (tertiary/aromatic N) is 3. The predicted octanol–water partition coefficient (Wildman–Crippen LogP) is 2.06. The Morgan fingerprint density at radius 1 is 1.41 bits per heavy atom. The van der Waals surface area contributed by atoms with Crippen LogP contribution in [0.2, 0.25) is 0 Å². The van der Waals surface area contributed by atoms with Crippen molar-refractivity contribution in [2.24, 2.45) is 7.05 Å². The van der Waals surface area contributed by atoms with E-state index in [0.717, 1.165) is 5.82 Å². The predicted molar refractivity (Wildman–Crippen MR) is 70.1 cm³/mol. The summed E-state index contributed by atoms with van der Waals surface area (Å²) in [6, 6.07) is 0. The van der Waals surface area contributed by atoms with Gasteiger partial charge < -0.3 is 18.9 Å². The van der Waals surface area contributed by atoms with Crippen molar-refractivity contribution in [1.82, 2.24) is 14.5 Å². The molecule has 0 spiro atoms. The van der Waals surface area contributed by atoms with Gasteiger partial charge in [-0.25, -0.2) is 9.78 Å². The lowest BCUT2D eigenvalue weighted by Crippen LogP contribution is -2.47. The lowest BCUT2D eigenvalue weighted by Gasteiger charge is -2.39. The van der Waals surface area contributed by atoms with Gasteiger partial charge in [0.25, 0.3) is 0 Å². The molecule has 0 N–H and O–H groups in total. The Hall–Kier alpha value is -1.77. The molecule has 1 aliphatic rings. The Kier molecular flexibility index (Phi) is 4.64. The van der Waals surface area contributed by atoms with Gasteiger partial charge in [-0.1, -0.05) is 0 Å². The van der Waals surface area contributed by atoms with Crippen LogP contribution >= 0.6 is 0 Å². The molecule has 1 aliphatic heterocycles. The highest BCUT2D eigenvalue weighted by molar-refractivity contribution is 5.67. The first-order chi connectivity index (χ1) is 10.3. The number of hydrogen-bond donors (Lipinski definition) is 0. The maximum absolute atomic E-state index is 12.1. The van der Waals surface area contributed by atoms with Crippen molar-refractivity contribution >= 4 is 6.09 Å². The summed E-state index contributed by atoms with van der Waals surface area (Å²) in [5.74, 6) is 0.735. The van der Waals surface area contributed by atoms with E-state index in [-0.39, 0.29) is 13.1 Å². The zero-order valence-electron chi connectivity index (χ0n) is 12.4. The molecule has 1 fully saturated rings. The highest BCUT2D eigenvalue weighted by atomic mass is 19.4. The van der Waals surface area contributed by atoms with Gasteiger partial charge in [-0.2, -0.15) is 13.2 Å². The van der Waals surface area contributed by atoms with Gasteiger partial charge in [0, 0.05) is 52.5 Å². The molecule has 9 heteroatoms. The van der Waals surface area contributed by atoms with Crippen molar-refractivity contribution < 1.29 is 27.4 Å². The van der Waals surface area contributed by atoms with Crippen LogP contribution < -0.4 is 0 Å². The van der Waals surface area contributed by atoms with Gasteiger partial charge in [-0.15, -0.1) is 0 Å². The van der Waals surface area contributed by atoms with Gasteiger partial charge in [0.15, 0.2) is 6.61 Å². The number of aromatic nitrogens is 2. The average molecular weight is 321 g/mol. The smallest absolute Gasteiger partial charge is 0.422 e. The largest absolute Gasteiger partial charge is 0.440 e. The first kappa shape index (κ1) is 16.6. The second kappa shape index (κ2) is 6.15. The van der Waals surface area contributed by atoms with E-state index < -0.39 is 24.5 Å². The molecular weight excluding hydrogens is 303 g/mol. The fourth-order valence-electron chi connectivity index (χ4n) is 2.61. The molecule has 1 aromatic heterocycles. The number of halogens is 3. The summed E-state index contributed by atoms with van der Waals surface area (Å²) < 4.78 is 47.9. The van der Waals surface area contributed by atoms with E-state index in [1.54, 1.807) is 19.5 Å². The second-order valence-electron chi connectivity index (χ2n) is 5.22. The van der Waals surface area contributed by atoms with Gasteiger partial charge in [0.05, 0.1) is 0 Å². The third kappa shape index (κ3) is 3.52. The fourth-order valence-corrected chi connectivity index (χ4v) is 2.61. The summed E-state index contributed by atoms with van der Waals surface area (Å²) in [6.45, 7) is -1.08. The van der Waals surface area contributed by atoms with Crippen LogP contribution in [-0.4, -0.2) is 53.5 Å². The van der Waals surface area contributed by atoms with Crippen LogP contribution in [0.5, 0.6) is 0 Å². The minimum Gasteiger partial charge on any atom is -0.440 e. The van der Waals surface area contributed by atoms with Crippen molar-refractivity contribution in [1.29, 1.82) is 0 Å². The topological polar surface area (TPSA) is 56.6 Å². The molecule has 0 aromatic carbocycles. The Balaban J connectivity index is 1.97. The Morgan fingerprint density at radius 3 is 2.50 bits per heavy atom. The molecule has 22 heavy (non-hydrogen) atoms. The first-order valence-corrected chi connectivity index (χ1v) is 6.79. The molecule has 0 radical (unpaired) electrons.